The fourth-order valence-corrected chi connectivity index (χ4v) is 4.06. The molecule has 0 aliphatic carbocycles. The van der Waals surface area contributed by atoms with Crippen LogP contribution in [0.3, 0.4) is 0 Å². The van der Waals surface area contributed by atoms with Gasteiger partial charge in [0.2, 0.25) is 0 Å². The van der Waals surface area contributed by atoms with Crippen molar-refractivity contribution in [3.8, 4) is 0 Å². The van der Waals surface area contributed by atoms with Gasteiger partial charge in [0.25, 0.3) is 11.8 Å². The van der Waals surface area contributed by atoms with E-state index in [1.54, 1.807) is 0 Å². The van der Waals surface area contributed by atoms with Crippen molar-refractivity contribution in [1.82, 2.24) is 4.90 Å². The second-order valence-corrected chi connectivity index (χ2v) is 6.56. The highest BCUT2D eigenvalue weighted by molar-refractivity contribution is 8.03. The number of benzene rings is 1. The van der Waals surface area contributed by atoms with E-state index in [4.69, 9.17) is 0 Å². The quantitative estimate of drug-likeness (QED) is 0.812. The van der Waals surface area contributed by atoms with Gasteiger partial charge in [0.15, 0.2) is 0 Å². The van der Waals surface area contributed by atoms with Gasteiger partial charge in [0.1, 0.15) is 0 Å². The Morgan fingerprint density at radius 3 is 2.48 bits per heavy atom. The molecule has 1 aromatic carbocycles. The Kier molecular flexibility index (Phi) is 3.94. The van der Waals surface area contributed by atoms with Crippen molar-refractivity contribution in [1.29, 1.82) is 0 Å². The number of likely N-dealkylation sites (N-methyl/N-ethyl adjacent to an activating group) is 1. The van der Waals surface area contributed by atoms with E-state index in [0.29, 0.717) is 16.2 Å². The molecule has 0 N–H and O–H groups in total. The molecule has 2 amide bonds. The van der Waals surface area contributed by atoms with Crippen molar-refractivity contribution in [2.45, 2.75) is 5.75 Å². The molecule has 21 heavy (non-hydrogen) atoms. The van der Waals surface area contributed by atoms with Crippen LogP contribution < -0.4 is 0 Å². The van der Waals surface area contributed by atoms with Crippen molar-refractivity contribution in [2.75, 3.05) is 7.05 Å². The molecule has 1 aliphatic rings. The van der Waals surface area contributed by atoms with Crippen LogP contribution in [0.25, 0.3) is 5.57 Å². The van der Waals surface area contributed by atoms with Crippen molar-refractivity contribution in [3.05, 3.63) is 63.2 Å². The van der Waals surface area contributed by atoms with Crippen molar-refractivity contribution in [2.24, 2.45) is 0 Å². The Morgan fingerprint density at radius 1 is 1.05 bits per heavy atom. The summed E-state index contributed by atoms with van der Waals surface area (Å²) in [5.74, 6) is 0.264. The number of thioether (sulfide) groups is 1. The molecule has 0 fully saturated rings. The molecule has 5 heteroatoms. The largest absolute Gasteiger partial charge is 0.277 e. The van der Waals surface area contributed by atoms with Gasteiger partial charge in [0.05, 0.1) is 10.5 Å². The molecule has 2 aromatic rings. The van der Waals surface area contributed by atoms with Gasteiger partial charge in [-0.3, -0.25) is 14.5 Å². The summed E-state index contributed by atoms with van der Waals surface area (Å²) in [4.78, 5) is 27.2. The van der Waals surface area contributed by atoms with Gasteiger partial charge in [0, 0.05) is 17.7 Å². The van der Waals surface area contributed by atoms with Crippen LogP contribution in [0.5, 0.6) is 0 Å². The lowest BCUT2D eigenvalue weighted by atomic mass is 10.2. The molecule has 1 aromatic heterocycles. The van der Waals surface area contributed by atoms with Crippen LogP contribution in [0.2, 0.25) is 0 Å². The summed E-state index contributed by atoms with van der Waals surface area (Å²) in [5, 5.41) is 1.91. The molecule has 106 valence electrons. The SMILES string of the molecule is CN1C(=O)C(SCc2ccccc2)=C(c2cccs2)C1=O. The van der Waals surface area contributed by atoms with Gasteiger partial charge in [-0.15, -0.1) is 23.1 Å². The average Bonchev–Trinajstić information content (AvgIpc) is 3.10. The smallest absolute Gasteiger partial charge is 0.267 e. The number of amides is 2. The molecule has 0 radical (unpaired) electrons. The highest BCUT2D eigenvalue weighted by Gasteiger charge is 2.37. The zero-order valence-electron chi connectivity index (χ0n) is 11.4. The van der Waals surface area contributed by atoms with Crippen LogP contribution in [0.1, 0.15) is 10.4 Å². The molecule has 3 rings (SSSR count). The Hall–Kier alpha value is -1.85. The van der Waals surface area contributed by atoms with E-state index in [9.17, 15) is 9.59 Å². The summed E-state index contributed by atoms with van der Waals surface area (Å²) in [5.41, 5.74) is 1.67. The van der Waals surface area contributed by atoms with Crippen LogP contribution in [0, 0.1) is 0 Å². The maximum absolute atomic E-state index is 12.3. The standard InChI is InChI=1S/C16H13NO2S2/c1-17-15(18)13(12-8-5-9-20-12)14(16(17)19)21-10-11-6-3-2-4-7-11/h2-9H,10H2,1H3. The molecule has 0 saturated heterocycles. The van der Waals surface area contributed by atoms with E-state index in [1.807, 2.05) is 47.8 Å². The van der Waals surface area contributed by atoms with Gasteiger partial charge < -0.3 is 0 Å². The summed E-state index contributed by atoms with van der Waals surface area (Å²) in [6.07, 6.45) is 0. The van der Waals surface area contributed by atoms with E-state index in [0.717, 1.165) is 10.4 Å². The number of imide groups is 1. The van der Waals surface area contributed by atoms with Crippen LogP contribution in [-0.2, 0) is 15.3 Å². The summed E-state index contributed by atoms with van der Waals surface area (Å²) in [7, 11) is 1.54. The maximum atomic E-state index is 12.3. The Bertz CT molecular complexity index is 705. The fourth-order valence-electron chi connectivity index (χ4n) is 2.12. The Morgan fingerprint density at radius 2 is 1.81 bits per heavy atom. The third kappa shape index (κ3) is 2.66. The first kappa shape index (κ1) is 14.1. The fraction of sp³-hybridized carbons (Fsp3) is 0.125. The summed E-state index contributed by atoms with van der Waals surface area (Å²) in [6, 6.07) is 13.7. The maximum Gasteiger partial charge on any atom is 0.267 e. The van der Waals surface area contributed by atoms with Gasteiger partial charge in [-0.25, -0.2) is 0 Å². The van der Waals surface area contributed by atoms with E-state index < -0.39 is 0 Å². The molecular weight excluding hydrogens is 302 g/mol. The summed E-state index contributed by atoms with van der Waals surface area (Å²) >= 11 is 2.92. The molecule has 2 heterocycles. The molecule has 0 atom stereocenters. The minimum Gasteiger partial charge on any atom is -0.277 e. The van der Waals surface area contributed by atoms with E-state index in [-0.39, 0.29) is 11.8 Å². The lowest BCUT2D eigenvalue weighted by molar-refractivity contribution is -0.134. The number of carbonyl (C=O) groups is 2. The molecule has 0 unspecified atom stereocenters. The topological polar surface area (TPSA) is 37.4 Å². The summed E-state index contributed by atoms with van der Waals surface area (Å²) < 4.78 is 0. The second kappa shape index (κ2) is 5.87. The van der Waals surface area contributed by atoms with Crippen LogP contribution >= 0.6 is 23.1 Å². The number of rotatable bonds is 4. The lowest BCUT2D eigenvalue weighted by Gasteiger charge is -2.06. The number of thiophene rings is 1. The number of carbonyl (C=O) groups excluding carboxylic acids is 2. The first-order valence-corrected chi connectivity index (χ1v) is 8.32. The van der Waals surface area contributed by atoms with Gasteiger partial charge in [-0.05, 0) is 17.0 Å². The van der Waals surface area contributed by atoms with Crippen molar-refractivity contribution in [3.63, 3.8) is 0 Å². The van der Waals surface area contributed by atoms with Gasteiger partial charge in [-0.1, -0.05) is 36.4 Å². The predicted molar refractivity (Wildman–Crippen MR) is 86.8 cm³/mol. The molecular formula is C16H13NO2S2. The minimum atomic E-state index is -0.210. The van der Waals surface area contributed by atoms with Gasteiger partial charge in [-0.2, -0.15) is 0 Å². The van der Waals surface area contributed by atoms with Crippen LogP contribution in [0.4, 0.5) is 0 Å². The van der Waals surface area contributed by atoms with E-state index >= 15 is 0 Å². The first-order valence-electron chi connectivity index (χ1n) is 6.45. The third-order valence-corrected chi connectivity index (χ3v) is 5.27. The highest BCUT2D eigenvalue weighted by Crippen LogP contribution is 2.38. The minimum absolute atomic E-state index is 0.204. The zero-order valence-corrected chi connectivity index (χ0v) is 13.0. The molecule has 1 aliphatic heterocycles. The number of nitrogens with zero attached hydrogens (tertiary/aromatic N) is 1. The predicted octanol–water partition coefficient (Wildman–Crippen LogP) is 3.39. The first-order chi connectivity index (χ1) is 10.2. The number of hydrogen-bond donors (Lipinski definition) is 0. The monoisotopic (exact) mass is 315 g/mol. The second-order valence-electron chi connectivity index (χ2n) is 4.63. The number of hydrogen-bond acceptors (Lipinski definition) is 4. The average molecular weight is 315 g/mol. The lowest BCUT2D eigenvalue weighted by Crippen LogP contribution is -2.26. The zero-order chi connectivity index (χ0) is 14.8. The van der Waals surface area contributed by atoms with Crippen molar-refractivity contribution < 1.29 is 9.59 Å². The van der Waals surface area contributed by atoms with E-state index in [1.165, 1.54) is 35.0 Å². The highest BCUT2D eigenvalue weighted by atomic mass is 32.2. The Balaban J connectivity index is 1.92. The van der Waals surface area contributed by atoms with E-state index in [2.05, 4.69) is 0 Å². The summed E-state index contributed by atoms with van der Waals surface area (Å²) in [6.45, 7) is 0. The molecule has 0 spiro atoms. The van der Waals surface area contributed by atoms with Crippen LogP contribution in [-0.4, -0.2) is 23.8 Å². The van der Waals surface area contributed by atoms with Gasteiger partial charge >= 0.3 is 0 Å². The normalized spacial score (nSPS) is 15.2. The third-order valence-electron chi connectivity index (χ3n) is 3.24. The molecule has 3 nitrogen and oxygen atoms in total. The van der Waals surface area contributed by atoms with Crippen LogP contribution in [0.15, 0.2) is 52.7 Å². The van der Waals surface area contributed by atoms with Crippen molar-refractivity contribution >= 4 is 40.5 Å². The Labute approximate surface area is 131 Å². The molecule has 0 saturated carbocycles. The molecule has 0 bridgehead atoms.